The Hall–Kier alpha value is -1.84. The fourth-order valence-corrected chi connectivity index (χ4v) is 2.90. The molecule has 1 fully saturated rings. The highest BCUT2D eigenvalue weighted by Gasteiger charge is 2.34. The van der Waals surface area contributed by atoms with Crippen molar-refractivity contribution in [1.82, 2.24) is 5.32 Å². The maximum Gasteiger partial charge on any atom is 0.306 e. The predicted molar refractivity (Wildman–Crippen MR) is 80.8 cm³/mol. The van der Waals surface area contributed by atoms with E-state index in [9.17, 15) is 9.59 Å². The topological polar surface area (TPSA) is 66.4 Å². The van der Waals surface area contributed by atoms with Gasteiger partial charge in [0.2, 0.25) is 5.91 Å². The Morgan fingerprint density at radius 2 is 1.90 bits per heavy atom. The number of carbonyl (C=O) groups excluding carboxylic acids is 1. The molecule has 2 N–H and O–H groups in total. The van der Waals surface area contributed by atoms with Gasteiger partial charge in [-0.15, -0.1) is 0 Å². The minimum atomic E-state index is -0.754. The van der Waals surface area contributed by atoms with E-state index in [1.807, 2.05) is 44.2 Å². The Bertz CT molecular complexity index is 510. The molecule has 2 rings (SSSR count). The number of carboxylic acid groups (broad SMARTS) is 1. The summed E-state index contributed by atoms with van der Waals surface area (Å²) in [6.07, 6.45) is 2.63. The molecule has 1 aromatic rings. The molecule has 0 unspecified atom stereocenters. The van der Waals surface area contributed by atoms with Crippen molar-refractivity contribution in [2.24, 2.45) is 11.3 Å². The van der Waals surface area contributed by atoms with Crippen LogP contribution in [0, 0.1) is 11.3 Å². The molecule has 0 heterocycles. The van der Waals surface area contributed by atoms with Gasteiger partial charge in [-0.2, -0.15) is 0 Å². The monoisotopic (exact) mass is 289 g/mol. The molecular formula is C17H23NO3. The Balaban J connectivity index is 1.91. The molecule has 0 aliphatic heterocycles. The van der Waals surface area contributed by atoms with E-state index < -0.39 is 11.4 Å². The summed E-state index contributed by atoms with van der Waals surface area (Å²) < 4.78 is 0. The van der Waals surface area contributed by atoms with E-state index in [-0.39, 0.29) is 17.9 Å². The summed E-state index contributed by atoms with van der Waals surface area (Å²) in [5, 5.41) is 12.0. The number of amides is 1. The van der Waals surface area contributed by atoms with E-state index in [4.69, 9.17) is 5.11 Å². The third-order valence-electron chi connectivity index (χ3n) is 4.22. The van der Waals surface area contributed by atoms with Gasteiger partial charge in [0.05, 0.1) is 5.92 Å². The third kappa shape index (κ3) is 4.06. The zero-order chi connectivity index (χ0) is 15.5. The summed E-state index contributed by atoms with van der Waals surface area (Å²) in [5.41, 5.74) is 0.635. The summed E-state index contributed by atoms with van der Waals surface area (Å²) in [6.45, 7) is 3.86. The molecule has 0 saturated heterocycles. The van der Waals surface area contributed by atoms with Gasteiger partial charge < -0.3 is 10.4 Å². The van der Waals surface area contributed by atoms with Gasteiger partial charge in [0.25, 0.3) is 0 Å². The van der Waals surface area contributed by atoms with Gasteiger partial charge in [-0.1, -0.05) is 44.2 Å². The van der Waals surface area contributed by atoms with E-state index in [0.29, 0.717) is 19.3 Å². The van der Waals surface area contributed by atoms with E-state index >= 15 is 0 Å². The van der Waals surface area contributed by atoms with E-state index in [2.05, 4.69) is 5.32 Å². The predicted octanol–water partition coefficient (Wildman–Crippen LogP) is 2.62. The van der Waals surface area contributed by atoms with Gasteiger partial charge in [-0.25, -0.2) is 0 Å². The number of carboxylic acids is 1. The summed E-state index contributed by atoms with van der Waals surface area (Å²) >= 11 is 0. The number of nitrogens with one attached hydrogen (secondary N) is 1. The van der Waals surface area contributed by atoms with Gasteiger partial charge in [-0.3, -0.25) is 9.59 Å². The van der Waals surface area contributed by atoms with Crippen LogP contribution in [0.2, 0.25) is 0 Å². The van der Waals surface area contributed by atoms with Crippen molar-refractivity contribution < 1.29 is 14.7 Å². The zero-order valence-corrected chi connectivity index (χ0v) is 12.6. The molecule has 1 saturated carbocycles. The van der Waals surface area contributed by atoms with E-state index in [0.717, 1.165) is 12.0 Å². The fraction of sp³-hybridized carbons (Fsp3) is 0.529. The highest BCUT2D eigenvalue weighted by atomic mass is 16.4. The Labute approximate surface area is 125 Å². The Morgan fingerprint density at radius 3 is 2.48 bits per heavy atom. The molecule has 0 aromatic heterocycles. The summed E-state index contributed by atoms with van der Waals surface area (Å²) in [6, 6.07) is 9.93. The lowest BCUT2D eigenvalue weighted by Crippen LogP contribution is -2.43. The molecule has 4 nitrogen and oxygen atoms in total. The highest BCUT2D eigenvalue weighted by molar-refractivity contribution is 5.82. The van der Waals surface area contributed by atoms with Gasteiger partial charge in [0, 0.05) is 11.5 Å². The lowest BCUT2D eigenvalue weighted by molar-refractivity contribution is -0.141. The molecule has 2 atom stereocenters. The lowest BCUT2D eigenvalue weighted by Gasteiger charge is -2.26. The average Bonchev–Trinajstić information content (AvgIpc) is 2.88. The largest absolute Gasteiger partial charge is 0.481 e. The van der Waals surface area contributed by atoms with Crippen LogP contribution in [-0.2, 0) is 16.0 Å². The second-order valence-electron chi connectivity index (χ2n) is 6.56. The first-order valence-corrected chi connectivity index (χ1v) is 7.46. The maximum absolute atomic E-state index is 12.4. The van der Waals surface area contributed by atoms with Crippen LogP contribution in [0.1, 0.15) is 38.7 Å². The lowest BCUT2D eigenvalue weighted by atomic mass is 9.84. The molecule has 1 aliphatic carbocycles. The molecule has 1 aromatic carbocycles. The van der Waals surface area contributed by atoms with Crippen LogP contribution in [0.5, 0.6) is 0 Å². The van der Waals surface area contributed by atoms with Crippen LogP contribution in [0.4, 0.5) is 0 Å². The van der Waals surface area contributed by atoms with Crippen LogP contribution < -0.4 is 5.32 Å². The molecule has 1 aliphatic rings. The number of hydrogen-bond acceptors (Lipinski definition) is 2. The van der Waals surface area contributed by atoms with Crippen molar-refractivity contribution in [2.45, 2.75) is 45.6 Å². The van der Waals surface area contributed by atoms with E-state index in [1.54, 1.807) is 0 Å². The first-order valence-electron chi connectivity index (χ1n) is 7.46. The van der Waals surface area contributed by atoms with Crippen molar-refractivity contribution >= 4 is 11.9 Å². The molecule has 21 heavy (non-hydrogen) atoms. The SMILES string of the molecule is CC(C)(Cc1ccccc1)C(=O)N[C@@H]1CC[C@H](C(=O)O)C1. The normalized spacial score (nSPS) is 22.0. The molecule has 0 spiro atoms. The van der Waals surface area contributed by atoms with Crippen LogP contribution in [0.3, 0.4) is 0 Å². The number of aliphatic carboxylic acids is 1. The minimum Gasteiger partial charge on any atom is -0.481 e. The molecular weight excluding hydrogens is 266 g/mol. The number of hydrogen-bond donors (Lipinski definition) is 2. The summed E-state index contributed by atoms with van der Waals surface area (Å²) in [5.74, 6) is -1.06. The van der Waals surface area contributed by atoms with Gasteiger partial charge in [-0.05, 0) is 31.2 Å². The first-order chi connectivity index (χ1) is 9.88. The smallest absolute Gasteiger partial charge is 0.306 e. The number of carbonyl (C=O) groups is 2. The molecule has 0 radical (unpaired) electrons. The number of benzene rings is 1. The van der Waals surface area contributed by atoms with Gasteiger partial charge in [0.1, 0.15) is 0 Å². The van der Waals surface area contributed by atoms with Crippen molar-refractivity contribution in [3.05, 3.63) is 35.9 Å². The van der Waals surface area contributed by atoms with Crippen molar-refractivity contribution in [2.75, 3.05) is 0 Å². The Morgan fingerprint density at radius 1 is 1.24 bits per heavy atom. The number of rotatable bonds is 5. The van der Waals surface area contributed by atoms with Crippen LogP contribution in [-0.4, -0.2) is 23.0 Å². The van der Waals surface area contributed by atoms with Crippen molar-refractivity contribution in [3.8, 4) is 0 Å². The second kappa shape index (κ2) is 6.29. The molecule has 0 bridgehead atoms. The molecule has 4 heteroatoms. The third-order valence-corrected chi connectivity index (χ3v) is 4.22. The average molecular weight is 289 g/mol. The fourth-order valence-electron chi connectivity index (χ4n) is 2.90. The zero-order valence-electron chi connectivity index (χ0n) is 12.6. The van der Waals surface area contributed by atoms with Crippen molar-refractivity contribution in [3.63, 3.8) is 0 Å². The summed E-state index contributed by atoms with van der Waals surface area (Å²) in [7, 11) is 0. The molecule has 1 amide bonds. The van der Waals surface area contributed by atoms with Crippen molar-refractivity contribution in [1.29, 1.82) is 0 Å². The summed E-state index contributed by atoms with van der Waals surface area (Å²) in [4.78, 5) is 23.4. The standard InChI is InChI=1S/C17H23NO3/c1-17(2,11-12-6-4-3-5-7-12)16(21)18-14-9-8-13(10-14)15(19)20/h3-7,13-14H,8-11H2,1-2H3,(H,18,21)(H,19,20)/t13-,14+/m0/s1. The quantitative estimate of drug-likeness (QED) is 0.875. The second-order valence-corrected chi connectivity index (χ2v) is 6.56. The first kappa shape index (κ1) is 15.5. The maximum atomic E-state index is 12.4. The minimum absolute atomic E-state index is 0.00221. The van der Waals surface area contributed by atoms with Crippen LogP contribution in [0.15, 0.2) is 30.3 Å². The van der Waals surface area contributed by atoms with E-state index in [1.165, 1.54) is 0 Å². The highest BCUT2D eigenvalue weighted by Crippen LogP contribution is 2.28. The van der Waals surface area contributed by atoms with Gasteiger partial charge >= 0.3 is 5.97 Å². The van der Waals surface area contributed by atoms with Crippen LogP contribution >= 0.6 is 0 Å². The van der Waals surface area contributed by atoms with Crippen LogP contribution in [0.25, 0.3) is 0 Å². The molecule has 114 valence electrons. The van der Waals surface area contributed by atoms with Gasteiger partial charge in [0.15, 0.2) is 0 Å². The Kier molecular flexibility index (Phi) is 4.66.